The summed E-state index contributed by atoms with van der Waals surface area (Å²) in [6.07, 6.45) is 2.91. The van der Waals surface area contributed by atoms with Gasteiger partial charge in [-0.1, -0.05) is 13.8 Å². The van der Waals surface area contributed by atoms with Crippen LogP contribution in [0.3, 0.4) is 0 Å². The molecule has 3 unspecified atom stereocenters. The maximum Gasteiger partial charge on any atom is 0.251 e. The smallest absolute Gasteiger partial charge is 0.251 e. The van der Waals surface area contributed by atoms with Gasteiger partial charge in [0.15, 0.2) is 0 Å². The summed E-state index contributed by atoms with van der Waals surface area (Å²) in [5.41, 5.74) is 0.593. The van der Waals surface area contributed by atoms with Crippen LogP contribution in [0.15, 0.2) is 18.3 Å². The van der Waals surface area contributed by atoms with E-state index >= 15 is 0 Å². The maximum atomic E-state index is 12.4. The van der Waals surface area contributed by atoms with E-state index in [1.54, 1.807) is 18.3 Å². The van der Waals surface area contributed by atoms with Crippen molar-refractivity contribution < 1.29 is 9.53 Å². The zero-order valence-corrected chi connectivity index (χ0v) is 14.7. The highest BCUT2D eigenvalue weighted by Gasteiger charge is 2.23. The Hall–Kier alpha value is -1.62. The molecular weight excluding hydrogens is 290 g/mol. The van der Waals surface area contributed by atoms with Crippen LogP contribution in [0, 0.1) is 11.8 Å². The van der Waals surface area contributed by atoms with E-state index in [9.17, 15) is 4.79 Å². The van der Waals surface area contributed by atoms with Crippen molar-refractivity contribution in [1.29, 1.82) is 0 Å². The molecule has 1 saturated heterocycles. The van der Waals surface area contributed by atoms with Crippen LogP contribution >= 0.6 is 0 Å². The highest BCUT2D eigenvalue weighted by Crippen LogP contribution is 2.20. The lowest BCUT2D eigenvalue weighted by molar-refractivity contribution is 0.0904. The number of nitrogens with one attached hydrogen (secondary N) is 1. The van der Waals surface area contributed by atoms with Gasteiger partial charge >= 0.3 is 0 Å². The number of pyridine rings is 1. The zero-order valence-electron chi connectivity index (χ0n) is 14.7. The number of hydrogen-bond acceptors (Lipinski definition) is 4. The second-order valence-electron chi connectivity index (χ2n) is 6.85. The fourth-order valence-electron chi connectivity index (χ4n) is 3.46. The topological polar surface area (TPSA) is 54.5 Å². The van der Waals surface area contributed by atoms with Gasteiger partial charge in [0, 0.05) is 43.5 Å². The van der Waals surface area contributed by atoms with Crippen LogP contribution < -0.4 is 10.1 Å². The highest BCUT2D eigenvalue weighted by molar-refractivity contribution is 5.94. The summed E-state index contributed by atoms with van der Waals surface area (Å²) in [6, 6.07) is 3.52. The molecule has 0 bridgehead atoms. The Morgan fingerprint density at radius 1 is 1.43 bits per heavy atom. The van der Waals surface area contributed by atoms with E-state index in [4.69, 9.17) is 4.74 Å². The Morgan fingerprint density at radius 2 is 2.13 bits per heavy atom. The van der Waals surface area contributed by atoms with Gasteiger partial charge in [-0.3, -0.25) is 4.79 Å². The SMILES string of the molecule is CCOc1cc(C(=O)NC(C)CN2CC(C)CC(C)C2)ccn1. The fourth-order valence-corrected chi connectivity index (χ4v) is 3.46. The predicted molar refractivity (Wildman–Crippen MR) is 91.7 cm³/mol. The molecule has 5 nitrogen and oxygen atoms in total. The second kappa shape index (κ2) is 8.29. The summed E-state index contributed by atoms with van der Waals surface area (Å²) in [6.45, 7) is 12.2. The van der Waals surface area contributed by atoms with Crippen LogP contribution in [-0.2, 0) is 0 Å². The molecule has 128 valence electrons. The number of carbonyl (C=O) groups is 1. The molecule has 0 saturated carbocycles. The third-order valence-corrected chi connectivity index (χ3v) is 4.14. The lowest BCUT2D eigenvalue weighted by Gasteiger charge is -2.36. The fraction of sp³-hybridized carbons (Fsp3) is 0.667. The third kappa shape index (κ3) is 5.50. The van der Waals surface area contributed by atoms with E-state index in [0.29, 0.717) is 18.1 Å². The molecule has 3 atom stereocenters. The molecule has 1 aliphatic heterocycles. The molecule has 0 aliphatic carbocycles. The number of aromatic nitrogens is 1. The van der Waals surface area contributed by atoms with E-state index in [1.165, 1.54) is 6.42 Å². The van der Waals surface area contributed by atoms with Crippen molar-refractivity contribution in [1.82, 2.24) is 15.2 Å². The first-order chi connectivity index (χ1) is 11.0. The largest absolute Gasteiger partial charge is 0.478 e. The summed E-state index contributed by atoms with van der Waals surface area (Å²) < 4.78 is 5.35. The number of rotatable bonds is 6. The van der Waals surface area contributed by atoms with Gasteiger partial charge in [0.25, 0.3) is 5.91 Å². The van der Waals surface area contributed by atoms with Crippen LogP contribution in [0.4, 0.5) is 0 Å². The molecule has 2 heterocycles. The molecule has 1 fully saturated rings. The zero-order chi connectivity index (χ0) is 16.8. The number of likely N-dealkylation sites (tertiary alicyclic amines) is 1. The average Bonchev–Trinajstić information content (AvgIpc) is 2.46. The molecule has 1 amide bonds. The van der Waals surface area contributed by atoms with Crippen molar-refractivity contribution in [3.05, 3.63) is 23.9 Å². The average molecular weight is 319 g/mol. The first-order valence-electron chi connectivity index (χ1n) is 8.60. The van der Waals surface area contributed by atoms with E-state index in [-0.39, 0.29) is 11.9 Å². The molecule has 1 N–H and O–H groups in total. The van der Waals surface area contributed by atoms with Gasteiger partial charge in [-0.2, -0.15) is 0 Å². The monoisotopic (exact) mass is 319 g/mol. The lowest BCUT2D eigenvalue weighted by atomic mass is 9.92. The van der Waals surface area contributed by atoms with E-state index in [1.807, 2.05) is 6.92 Å². The van der Waals surface area contributed by atoms with Crippen LogP contribution in [0.1, 0.15) is 44.5 Å². The van der Waals surface area contributed by atoms with Crippen molar-refractivity contribution in [3.8, 4) is 5.88 Å². The molecule has 1 aromatic rings. The number of ether oxygens (including phenoxy) is 1. The van der Waals surface area contributed by atoms with Gasteiger partial charge in [-0.15, -0.1) is 0 Å². The molecule has 0 radical (unpaired) electrons. The lowest BCUT2D eigenvalue weighted by Crippen LogP contribution is -2.47. The number of nitrogens with zero attached hydrogens (tertiary/aromatic N) is 2. The van der Waals surface area contributed by atoms with Crippen LogP contribution in [-0.4, -0.2) is 48.1 Å². The van der Waals surface area contributed by atoms with Gasteiger partial charge < -0.3 is 15.0 Å². The molecular formula is C18H29N3O2. The molecule has 0 aromatic carbocycles. The Bertz CT molecular complexity index is 511. The van der Waals surface area contributed by atoms with E-state index in [2.05, 4.69) is 36.0 Å². The standard InChI is InChI=1S/C18H29N3O2/c1-5-23-17-9-16(6-7-19-17)18(22)20-15(4)12-21-10-13(2)8-14(3)11-21/h6-7,9,13-15H,5,8,10-12H2,1-4H3,(H,20,22). The van der Waals surface area contributed by atoms with Crippen LogP contribution in [0.25, 0.3) is 0 Å². The Labute approximate surface area is 139 Å². The van der Waals surface area contributed by atoms with Gasteiger partial charge in [-0.05, 0) is 38.2 Å². The first kappa shape index (κ1) is 17.7. The van der Waals surface area contributed by atoms with Gasteiger partial charge in [-0.25, -0.2) is 4.98 Å². The number of carbonyl (C=O) groups excluding carboxylic acids is 1. The normalized spacial score (nSPS) is 23.3. The highest BCUT2D eigenvalue weighted by atomic mass is 16.5. The maximum absolute atomic E-state index is 12.4. The Morgan fingerprint density at radius 3 is 2.78 bits per heavy atom. The number of piperidine rings is 1. The van der Waals surface area contributed by atoms with Crippen molar-refractivity contribution >= 4 is 5.91 Å². The minimum atomic E-state index is -0.0704. The quantitative estimate of drug-likeness (QED) is 0.875. The van der Waals surface area contributed by atoms with Crippen molar-refractivity contribution in [2.75, 3.05) is 26.2 Å². The predicted octanol–water partition coefficient (Wildman–Crippen LogP) is 2.58. The minimum absolute atomic E-state index is 0.0704. The van der Waals surface area contributed by atoms with Gasteiger partial charge in [0.05, 0.1) is 6.61 Å². The Balaban J connectivity index is 1.88. The van der Waals surface area contributed by atoms with Crippen LogP contribution in [0.2, 0.25) is 0 Å². The summed E-state index contributed by atoms with van der Waals surface area (Å²) in [4.78, 5) is 18.9. The van der Waals surface area contributed by atoms with Crippen molar-refractivity contribution in [2.45, 2.75) is 40.2 Å². The van der Waals surface area contributed by atoms with Crippen molar-refractivity contribution in [3.63, 3.8) is 0 Å². The van der Waals surface area contributed by atoms with Gasteiger partial charge in [0.1, 0.15) is 0 Å². The molecule has 1 aliphatic rings. The molecule has 0 spiro atoms. The molecule has 2 rings (SSSR count). The third-order valence-electron chi connectivity index (χ3n) is 4.14. The van der Waals surface area contributed by atoms with E-state index < -0.39 is 0 Å². The summed E-state index contributed by atoms with van der Waals surface area (Å²) >= 11 is 0. The molecule has 5 heteroatoms. The molecule has 23 heavy (non-hydrogen) atoms. The number of hydrogen-bond donors (Lipinski definition) is 1. The second-order valence-corrected chi connectivity index (χ2v) is 6.85. The minimum Gasteiger partial charge on any atom is -0.478 e. The first-order valence-corrected chi connectivity index (χ1v) is 8.60. The summed E-state index contributed by atoms with van der Waals surface area (Å²) in [5, 5.41) is 3.08. The number of amides is 1. The molecule has 1 aromatic heterocycles. The van der Waals surface area contributed by atoms with Crippen LogP contribution in [0.5, 0.6) is 5.88 Å². The summed E-state index contributed by atoms with van der Waals surface area (Å²) in [7, 11) is 0. The van der Waals surface area contributed by atoms with Gasteiger partial charge in [0.2, 0.25) is 5.88 Å². The Kier molecular flexibility index (Phi) is 6.39. The summed E-state index contributed by atoms with van der Waals surface area (Å²) in [5.74, 6) is 1.89. The van der Waals surface area contributed by atoms with E-state index in [0.717, 1.165) is 31.5 Å². The van der Waals surface area contributed by atoms with Crippen molar-refractivity contribution in [2.24, 2.45) is 11.8 Å².